The smallest absolute Gasteiger partial charge is 0.229 e. The number of aromatic amines is 1. The van der Waals surface area contributed by atoms with Crippen LogP contribution in [0.3, 0.4) is 0 Å². The zero-order valence-corrected chi connectivity index (χ0v) is 18.2. The molecule has 2 heterocycles. The standard InChI is InChI=1S/C24H22N4O3S/c1-32(30,31)28-21-10-9-17(13-20(21)15-5-3-2-4-6-15)19-14-22(27-24(29)16-7-8-16)26-23-18(19)11-12-25-23/h2-6,9-14,16,28H,7-8H2,1H3,(H2,25,26,27,29). The van der Waals surface area contributed by atoms with Gasteiger partial charge in [0.15, 0.2) is 0 Å². The Balaban J connectivity index is 1.64. The van der Waals surface area contributed by atoms with Gasteiger partial charge in [-0.05, 0) is 53.8 Å². The number of fused-ring (bicyclic) bond motifs is 1. The third kappa shape index (κ3) is 4.22. The topological polar surface area (TPSA) is 104 Å². The van der Waals surface area contributed by atoms with Crippen molar-refractivity contribution in [2.45, 2.75) is 12.8 Å². The zero-order chi connectivity index (χ0) is 22.3. The fraction of sp³-hybridized carbons (Fsp3) is 0.167. The molecule has 0 radical (unpaired) electrons. The molecule has 2 aromatic heterocycles. The summed E-state index contributed by atoms with van der Waals surface area (Å²) in [7, 11) is -3.45. The monoisotopic (exact) mass is 446 g/mol. The maximum atomic E-state index is 12.3. The quantitative estimate of drug-likeness (QED) is 0.402. The van der Waals surface area contributed by atoms with Gasteiger partial charge in [-0.25, -0.2) is 13.4 Å². The number of carbonyl (C=O) groups is 1. The van der Waals surface area contributed by atoms with Crippen LogP contribution in [-0.4, -0.2) is 30.5 Å². The van der Waals surface area contributed by atoms with Crippen molar-refractivity contribution < 1.29 is 13.2 Å². The van der Waals surface area contributed by atoms with Crippen LogP contribution in [0.5, 0.6) is 0 Å². The van der Waals surface area contributed by atoms with Crippen molar-refractivity contribution in [1.82, 2.24) is 9.97 Å². The number of nitrogens with one attached hydrogen (secondary N) is 3. The Morgan fingerprint density at radius 1 is 1.00 bits per heavy atom. The lowest BCUT2D eigenvalue weighted by Crippen LogP contribution is -2.14. The second kappa shape index (κ2) is 7.80. The molecule has 1 amide bonds. The lowest BCUT2D eigenvalue weighted by atomic mass is 9.96. The molecule has 0 atom stereocenters. The first-order chi connectivity index (χ1) is 15.4. The van der Waals surface area contributed by atoms with Crippen molar-refractivity contribution in [2.75, 3.05) is 16.3 Å². The first kappa shape index (κ1) is 20.3. The molecule has 0 spiro atoms. The molecule has 1 aliphatic carbocycles. The van der Waals surface area contributed by atoms with Crippen molar-refractivity contribution in [3.05, 3.63) is 66.9 Å². The summed E-state index contributed by atoms with van der Waals surface area (Å²) in [6.07, 6.45) is 4.78. The Morgan fingerprint density at radius 2 is 1.78 bits per heavy atom. The van der Waals surface area contributed by atoms with Crippen LogP contribution in [0.2, 0.25) is 0 Å². The molecule has 7 nitrogen and oxygen atoms in total. The Labute approximate surface area is 185 Å². The van der Waals surface area contributed by atoms with Crippen LogP contribution in [0.25, 0.3) is 33.3 Å². The number of nitrogens with zero attached hydrogens (tertiary/aromatic N) is 1. The second-order valence-corrected chi connectivity index (χ2v) is 9.81. The number of aromatic nitrogens is 2. The van der Waals surface area contributed by atoms with E-state index < -0.39 is 10.0 Å². The van der Waals surface area contributed by atoms with E-state index in [4.69, 9.17) is 0 Å². The molecule has 1 saturated carbocycles. The molecule has 8 heteroatoms. The van der Waals surface area contributed by atoms with Crippen LogP contribution in [0.15, 0.2) is 66.9 Å². The summed E-state index contributed by atoms with van der Waals surface area (Å²) in [5, 5.41) is 3.84. The molecule has 3 N–H and O–H groups in total. The van der Waals surface area contributed by atoms with Gasteiger partial charge >= 0.3 is 0 Å². The molecule has 2 aromatic carbocycles. The van der Waals surface area contributed by atoms with Crippen molar-refractivity contribution in [3.63, 3.8) is 0 Å². The van der Waals surface area contributed by atoms with Gasteiger partial charge in [-0.15, -0.1) is 0 Å². The highest BCUT2D eigenvalue weighted by Crippen LogP contribution is 2.37. The Hall–Kier alpha value is -3.65. The number of H-pyrrole nitrogens is 1. The normalized spacial score (nSPS) is 13.8. The molecule has 32 heavy (non-hydrogen) atoms. The summed E-state index contributed by atoms with van der Waals surface area (Å²) >= 11 is 0. The SMILES string of the molecule is CS(=O)(=O)Nc1ccc(-c2cc(NC(=O)C3CC3)nc3[nH]ccc23)cc1-c1ccccc1. The molecule has 0 saturated heterocycles. The van der Waals surface area contributed by atoms with Crippen LogP contribution in [0, 0.1) is 5.92 Å². The number of anilines is 2. The summed E-state index contributed by atoms with van der Waals surface area (Å²) in [4.78, 5) is 19.9. The number of benzene rings is 2. The van der Waals surface area contributed by atoms with E-state index in [0.29, 0.717) is 17.2 Å². The fourth-order valence-electron chi connectivity index (χ4n) is 3.77. The van der Waals surface area contributed by atoms with E-state index in [9.17, 15) is 13.2 Å². The third-order valence-corrected chi connectivity index (χ3v) is 6.03. The zero-order valence-electron chi connectivity index (χ0n) is 17.4. The van der Waals surface area contributed by atoms with Gasteiger partial charge < -0.3 is 10.3 Å². The lowest BCUT2D eigenvalue weighted by molar-refractivity contribution is -0.117. The number of rotatable bonds is 6. The summed E-state index contributed by atoms with van der Waals surface area (Å²) in [5.74, 6) is 0.559. The van der Waals surface area contributed by atoms with E-state index in [2.05, 4.69) is 20.0 Å². The van der Waals surface area contributed by atoms with Crippen molar-refractivity contribution in [3.8, 4) is 22.3 Å². The van der Waals surface area contributed by atoms with Gasteiger partial charge in [-0.3, -0.25) is 9.52 Å². The molecule has 0 bridgehead atoms. The Bertz CT molecular complexity index is 1420. The van der Waals surface area contributed by atoms with E-state index in [1.165, 1.54) is 0 Å². The fourth-order valence-corrected chi connectivity index (χ4v) is 4.35. The van der Waals surface area contributed by atoms with Gasteiger partial charge in [0.25, 0.3) is 0 Å². The highest BCUT2D eigenvalue weighted by atomic mass is 32.2. The maximum Gasteiger partial charge on any atom is 0.229 e. The summed E-state index contributed by atoms with van der Waals surface area (Å²) in [6, 6.07) is 19.0. The molecule has 0 unspecified atom stereocenters. The predicted molar refractivity (Wildman–Crippen MR) is 127 cm³/mol. The summed E-state index contributed by atoms with van der Waals surface area (Å²) in [6.45, 7) is 0. The van der Waals surface area contributed by atoms with Gasteiger partial charge in [-0.2, -0.15) is 0 Å². The van der Waals surface area contributed by atoms with Gasteiger partial charge in [0.2, 0.25) is 15.9 Å². The summed E-state index contributed by atoms with van der Waals surface area (Å²) < 4.78 is 26.5. The van der Waals surface area contributed by atoms with Crippen molar-refractivity contribution in [1.29, 1.82) is 0 Å². The van der Waals surface area contributed by atoms with Crippen LogP contribution in [0.1, 0.15) is 12.8 Å². The molecule has 5 rings (SSSR count). The maximum absolute atomic E-state index is 12.3. The van der Waals surface area contributed by atoms with Crippen LogP contribution >= 0.6 is 0 Å². The Morgan fingerprint density at radius 3 is 2.50 bits per heavy atom. The first-order valence-electron chi connectivity index (χ1n) is 10.3. The van der Waals surface area contributed by atoms with Gasteiger partial charge in [0.1, 0.15) is 11.5 Å². The highest BCUT2D eigenvalue weighted by molar-refractivity contribution is 7.92. The van der Waals surface area contributed by atoms with E-state index in [-0.39, 0.29) is 11.8 Å². The minimum Gasteiger partial charge on any atom is -0.346 e. The molecule has 0 aliphatic heterocycles. The van der Waals surface area contributed by atoms with Gasteiger partial charge in [0, 0.05) is 23.1 Å². The van der Waals surface area contributed by atoms with E-state index in [0.717, 1.165) is 46.7 Å². The molecule has 162 valence electrons. The molecule has 1 aliphatic rings. The largest absolute Gasteiger partial charge is 0.346 e. The number of hydrogen-bond acceptors (Lipinski definition) is 4. The number of hydrogen-bond donors (Lipinski definition) is 3. The predicted octanol–water partition coefficient (Wildman–Crippen LogP) is 4.62. The number of sulfonamides is 1. The Kier molecular flexibility index (Phi) is 4.94. The number of pyridine rings is 1. The van der Waals surface area contributed by atoms with Crippen LogP contribution < -0.4 is 10.0 Å². The second-order valence-electron chi connectivity index (χ2n) is 8.06. The molecule has 1 fully saturated rings. The molecular weight excluding hydrogens is 424 g/mol. The number of amides is 1. The van der Waals surface area contributed by atoms with E-state index in [1.54, 1.807) is 6.07 Å². The van der Waals surface area contributed by atoms with Crippen molar-refractivity contribution in [2.24, 2.45) is 5.92 Å². The van der Waals surface area contributed by atoms with E-state index >= 15 is 0 Å². The van der Waals surface area contributed by atoms with Crippen molar-refractivity contribution >= 4 is 38.5 Å². The average molecular weight is 447 g/mol. The molecular formula is C24H22N4O3S. The third-order valence-electron chi connectivity index (χ3n) is 5.44. The lowest BCUT2D eigenvalue weighted by Gasteiger charge is -2.14. The minimum atomic E-state index is -3.45. The van der Waals surface area contributed by atoms with Gasteiger partial charge in [-0.1, -0.05) is 36.4 Å². The molecule has 4 aromatic rings. The first-order valence-corrected chi connectivity index (χ1v) is 12.2. The number of carbonyl (C=O) groups excluding carboxylic acids is 1. The minimum absolute atomic E-state index is 0.00738. The van der Waals surface area contributed by atoms with Gasteiger partial charge in [0.05, 0.1) is 11.9 Å². The van der Waals surface area contributed by atoms with Crippen LogP contribution in [0.4, 0.5) is 11.5 Å². The van der Waals surface area contributed by atoms with Crippen LogP contribution in [-0.2, 0) is 14.8 Å². The van der Waals surface area contributed by atoms with E-state index in [1.807, 2.05) is 60.8 Å². The average Bonchev–Trinajstić information content (AvgIpc) is 3.51. The summed E-state index contributed by atoms with van der Waals surface area (Å²) in [5.41, 5.74) is 4.61. The highest BCUT2D eigenvalue weighted by Gasteiger charge is 2.30.